The van der Waals surface area contributed by atoms with Crippen LogP contribution < -0.4 is 5.32 Å². The summed E-state index contributed by atoms with van der Waals surface area (Å²) in [4.78, 5) is 11.0. The summed E-state index contributed by atoms with van der Waals surface area (Å²) in [6.07, 6.45) is 5.14. The minimum Gasteiger partial charge on any atom is -0.464 e. The van der Waals surface area contributed by atoms with Crippen molar-refractivity contribution in [2.75, 3.05) is 39.5 Å². The molecule has 0 aromatic heterocycles. The lowest BCUT2D eigenvalue weighted by Gasteiger charge is -2.22. The Morgan fingerprint density at radius 2 is 2.28 bits per heavy atom. The SMILES string of the molecule is CCOC(=O)COCCNCCC1CCCCO1. The third-order valence-electron chi connectivity index (χ3n) is 2.87. The topological polar surface area (TPSA) is 56.8 Å². The predicted molar refractivity (Wildman–Crippen MR) is 68.5 cm³/mol. The van der Waals surface area contributed by atoms with Crippen LogP contribution in [0, 0.1) is 0 Å². The minimum absolute atomic E-state index is 0.0429. The van der Waals surface area contributed by atoms with Gasteiger partial charge < -0.3 is 19.5 Å². The van der Waals surface area contributed by atoms with Gasteiger partial charge in [-0.05, 0) is 39.2 Å². The van der Waals surface area contributed by atoms with Crippen LogP contribution in [0.4, 0.5) is 0 Å². The molecule has 0 saturated carbocycles. The lowest BCUT2D eigenvalue weighted by Crippen LogP contribution is -2.27. The molecule has 0 aromatic carbocycles. The molecule has 5 heteroatoms. The fourth-order valence-corrected chi connectivity index (χ4v) is 1.93. The molecule has 5 nitrogen and oxygen atoms in total. The molecular formula is C13H25NO4. The van der Waals surface area contributed by atoms with Crippen molar-refractivity contribution < 1.29 is 19.0 Å². The van der Waals surface area contributed by atoms with Crippen molar-refractivity contribution in [3.8, 4) is 0 Å². The van der Waals surface area contributed by atoms with Gasteiger partial charge in [0.15, 0.2) is 0 Å². The second-order valence-electron chi connectivity index (χ2n) is 4.38. The zero-order chi connectivity index (χ0) is 13.1. The first-order valence-corrected chi connectivity index (χ1v) is 6.88. The Morgan fingerprint density at radius 3 is 3.00 bits per heavy atom. The number of carbonyl (C=O) groups excluding carboxylic acids is 1. The van der Waals surface area contributed by atoms with E-state index in [0.29, 0.717) is 19.3 Å². The molecule has 1 N–H and O–H groups in total. The second-order valence-corrected chi connectivity index (χ2v) is 4.38. The zero-order valence-electron chi connectivity index (χ0n) is 11.3. The highest BCUT2D eigenvalue weighted by molar-refractivity contribution is 5.70. The monoisotopic (exact) mass is 259 g/mol. The van der Waals surface area contributed by atoms with Crippen LogP contribution >= 0.6 is 0 Å². The van der Waals surface area contributed by atoms with E-state index in [9.17, 15) is 4.79 Å². The highest BCUT2D eigenvalue weighted by atomic mass is 16.6. The van der Waals surface area contributed by atoms with Crippen molar-refractivity contribution in [1.29, 1.82) is 0 Å². The van der Waals surface area contributed by atoms with Gasteiger partial charge in [0.05, 0.1) is 19.3 Å². The molecular weight excluding hydrogens is 234 g/mol. The van der Waals surface area contributed by atoms with Gasteiger partial charge in [0, 0.05) is 13.2 Å². The number of nitrogens with one attached hydrogen (secondary N) is 1. The van der Waals surface area contributed by atoms with Crippen molar-refractivity contribution in [3.63, 3.8) is 0 Å². The Hall–Kier alpha value is -0.650. The first-order valence-electron chi connectivity index (χ1n) is 6.88. The first-order chi connectivity index (χ1) is 8.83. The van der Waals surface area contributed by atoms with E-state index in [1.807, 2.05) is 0 Å². The maximum Gasteiger partial charge on any atom is 0.332 e. The van der Waals surface area contributed by atoms with Gasteiger partial charge in [-0.15, -0.1) is 0 Å². The van der Waals surface area contributed by atoms with E-state index in [-0.39, 0.29) is 12.6 Å². The van der Waals surface area contributed by atoms with E-state index in [2.05, 4.69) is 5.32 Å². The molecule has 18 heavy (non-hydrogen) atoms. The smallest absolute Gasteiger partial charge is 0.332 e. The van der Waals surface area contributed by atoms with Crippen LogP contribution in [-0.4, -0.2) is 51.6 Å². The minimum atomic E-state index is -0.298. The number of esters is 1. The summed E-state index contributed by atoms with van der Waals surface area (Å²) < 4.78 is 15.6. The molecule has 0 bridgehead atoms. The van der Waals surface area contributed by atoms with E-state index in [4.69, 9.17) is 14.2 Å². The lowest BCUT2D eigenvalue weighted by atomic mass is 10.1. The van der Waals surface area contributed by atoms with Gasteiger partial charge in [0.1, 0.15) is 6.61 Å². The highest BCUT2D eigenvalue weighted by Gasteiger charge is 2.12. The molecule has 1 rings (SSSR count). The highest BCUT2D eigenvalue weighted by Crippen LogP contribution is 2.14. The van der Waals surface area contributed by atoms with E-state index in [1.54, 1.807) is 6.92 Å². The Balaban J connectivity index is 1.82. The molecule has 1 saturated heterocycles. The summed E-state index contributed by atoms with van der Waals surface area (Å²) in [7, 11) is 0. The molecule has 1 aliphatic heterocycles. The van der Waals surface area contributed by atoms with E-state index in [1.165, 1.54) is 19.3 Å². The zero-order valence-corrected chi connectivity index (χ0v) is 11.3. The van der Waals surface area contributed by atoms with Gasteiger partial charge in [-0.25, -0.2) is 4.79 Å². The largest absolute Gasteiger partial charge is 0.464 e. The van der Waals surface area contributed by atoms with Crippen LogP contribution in [0.5, 0.6) is 0 Å². The number of carbonyl (C=O) groups is 1. The second kappa shape index (κ2) is 10.3. The van der Waals surface area contributed by atoms with Crippen LogP contribution in [0.25, 0.3) is 0 Å². The first kappa shape index (κ1) is 15.4. The van der Waals surface area contributed by atoms with Gasteiger partial charge in [-0.1, -0.05) is 0 Å². The van der Waals surface area contributed by atoms with Crippen molar-refractivity contribution in [2.24, 2.45) is 0 Å². The summed E-state index contributed by atoms with van der Waals surface area (Å²) in [6.45, 7) is 5.37. The summed E-state index contributed by atoms with van der Waals surface area (Å²) in [5.41, 5.74) is 0. The summed E-state index contributed by atoms with van der Waals surface area (Å²) in [6, 6.07) is 0. The van der Waals surface area contributed by atoms with Crippen LogP contribution in [-0.2, 0) is 19.0 Å². The molecule has 0 aliphatic carbocycles. The van der Waals surface area contributed by atoms with Gasteiger partial charge in [-0.3, -0.25) is 0 Å². The molecule has 1 aliphatic rings. The third kappa shape index (κ3) is 7.63. The summed E-state index contributed by atoms with van der Waals surface area (Å²) >= 11 is 0. The molecule has 1 fully saturated rings. The molecule has 1 atom stereocenters. The van der Waals surface area contributed by atoms with Crippen molar-refractivity contribution in [1.82, 2.24) is 5.32 Å². The van der Waals surface area contributed by atoms with Crippen molar-refractivity contribution in [2.45, 2.75) is 38.7 Å². The summed E-state index contributed by atoms with van der Waals surface area (Å²) in [5.74, 6) is -0.298. The number of ether oxygens (including phenoxy) is 3. The van der Waals surface area contributed by atoms with Crippen LogP contribution in [0.1, 0.15) is 32.6 Å². The van der Waals surface area contributed by atoms with E-state index >= 15 is 0 Å². The fourth-order valence-electron chi connectivity index (χ4n) is 1.93. The average Bonchev–Trinajstić information content (AvgIpc) is 2.39. The number of rotatable bonds is 9. The Bertz CT molecular complexity index is 217. The molecule has 1 heterocycles. The quantitative estimate of drug-likeness (QED) is 0.496. The molecule has 1 unspecified atom stereocenters. The normalized spacial score (nSPS) is 19.7. The van der Waals surface area contributed by atoms with Crippen molar-refractivity contribution in [3.05, 3.63) is 0 Å². The van der Waals surface area contributed by atoms with Crippen LogP contribution in [0.2, 0.25) is 0 Å². The molecule has 106 valence electrons. The van der Waals surface area contributed by atoms with Crippen molar-refractivity contribution >= 4 is 5.97 Å². The van der Waals surface area contributed by atoms with Gasteiger partial charge >= 0.3 is 5.97 Å². The fraction of sp³-hybridized carbons (Fsp3) is 0.923. The Morgan fingerprint density at radius 1 is 1.39 bits per heavy atom. The van der Waals surface area contributed by atoms with E-state index in [0.717, 1.165) is 26.1 Å². The predicted octanol–water partition coefficient (Wildman–Crippen LogP) is 1.11. The maximum atomic E-state index is 11.0. The third-order valence-corrected chi connectivity index (χ3v) is 2.87. The lowest BCUT2D eigenvalue weighted by molar-refractivity contribution is -0.148. The van der Waals surface area contributed by atoms with Gasteiger partial charge in [0.25, 0.3) is 0 Å². The van der Waals surface area contributed by atoms with Gasteiger partial charge in [0.2, 0.25) is 0 Å². The Kier molecular flexibility index (Phi) is 8.81. The molecule has 0 amide bonds. The maximum absolute atomic E-state index is 11.0. The Labute approximate surface area is 109 Å². The van der Waals surface area contributed by atoms with E-state index < -0.39 is 0 Å². The standard InChI is InChI=1S/C13H25NO4/c1-2-17-13(15)11-16-10-8-14-7-6-12-5-3-4-9-18-12/h12,14H,2-11H2,1H3. The molecule has 0 aromatic rings. The van der Waals surface area contributed by atoms with Gasteiger partial charge in [-0.2, -0.15) is 0 Å². The average molecular weight is 259 g/mol. The van der Waals surface area contributed by atoms with Crippen LogP contribution in [0.15, 0.2) is 0 Å². The summed E-state index contributed by atoms with van der Waals surface area (Å²) in [5, 5.41) is 3.28. The molecule has 0 spiro atoms. The van der Waals surface area contributed by atoms with Crippen LogP contribution in [0.3, 0.4) is 0 Å². The molecule has 0 radical (unpaired) electrons. The number of hydrogen-bond acceptors (Lipinski definition) is 5. The number of hydrogen-bond donors (Lipinski definition) is 1.